The summed E-state index contributed by atoms with van der Waals surface area (Å²) in [6, 6.07) is 9.94. The van der Waals surface area contributed by atoms with Gasteiger partial charge in [0.15, 0.2) is 11.9 Å². The zero-order valence-electron chi connectivity index (χ0n) is 18.5. The SMILES string of the molecule is CC(C)CC1C2OC(C)(C)OC2C(=O)ON1C(COCc1ccccc1)C(C)C. The van der Waals surface area contributed by atoms with E-state index in [1.54, 1.807) is 0 Å². The Morgan fingerprint density at radius 1 is 1.10 bits per heavy atom. The summed E-state index contributed by atoms with van der Waals surface area (Å²) < 4.78 is 18.0. The van der Waals surface area contributed by atoms with Crippen molar-refractivity contribution in [3.63, 3.8) is 0 Å². The average Bonchev–Trinajstić information content (AvgIpc) is 2.98. The first-order valence-corrected chi connectivity index (χ1v) is 10.7. The van der Waals surface area contributed by atoms with Gasteiger partial charge < -0.3 is 19.0 Å². The molecule has 4 unspecified atom stereocenters. The molecule has 0 amide bonds. The Bertz CT molecular complexity index is 675. The molecule has 2 heterocycles. The molecule has 0 aromatic heterocycles. The van der Waals surface area contributed by atoms with Gasteiger partial charge in [-0.1, -0.05) is 58.0 Å². The normalized spacial score (nSPS) is 27.9. The highest BCUT2D eigenvalue weighted by atomic mass is 16.8. The van der Waals surface area contributed by atoms with Crippen molar-refractivity contribution in [3.8, 4) is 0 Å². The van der Waals surface area contributed by atoms with E-state index in [9.17, 15) is 4.79 Å². The number of benzene rings is 1. The summed E-state index contributed by atoms with van der Waals surface area (Å²) in [7, 11) is 0. The van der Waals surface area contributed by atoms with Crippen molar-refractivity contribution in [2.75, 3.05) is 6.61 Å². The van der Waals surface area contributed by atoms with Crippen molar-refractivity contribution in [2.45, 2.75) is 84.6 Å². The average molecular weight is 406 g/mol. The molecular weight excluding hydrogens is 370 g/mol. The van der Waals surface area contributed by atoms with Gasteiger partial charge in [0.2, 0.25) is 0 Å². The monoisotopic (exact) mass is 405 g/mol. The number of carbonyl (C=O) groups excluding carboxylic acids is 1. The fourth-order valence-electron chi connectivity index (χ4n) is 4.09. The van der Waals surface area contributed by atoms with E-state index in [4.69, 9.17) is 19.0 Å². The van der Waals surface area contributed by atoms with Crippen LogP contribution < -0.4 is 0 Å². The number of nitrogens with zero attached hydrogens (tertiary/aromatic N) is 1. The predicted molar refractivity (Wildman–Crippen MR) is 110 cm³/mol. The van der Waals surface area contributed by atoms with Crippen LogP contribution in [0.4, 0.5) is 0 Å². The largest absolute Gasteiger partial charge is 0.375 e. The Kier molecular flexibility index (Phi) is 6.99. The standard InChI is InChI=1S/C23H35NO5/c1-15(2)12-18-20-21(28-23(5,6)27-20)22(25)29-24(18)19(16(3)4)14-26-13-17-10-8-7-9-11-17/h7-11,15-16,18-21H,12-14H2,1-6H3. The minimum atomic E-state index is -0.795. The van der Waals surface area contributed by atoms with Crippen molar-refractivity contribution in [1.82, 2.24) is 5.06 Å². The second kappa shape index (κ2) is 9.13. The van der Waals surface area contributed by atoms with Gasteiger partial charge in [0, 0.05) is 0 Å². The Morgan fingerprint density at radius 2 is 1.79 bits per heavy atom. The highest BCUT2D eigenvalue weighted by molar-refractivity contribution is 5.76. The first-order valence-electron chi connectivity index (χ1n) is 10.7. The lowest BCUT2D eigenvalue weighted by Gasteiger charge is -2.44. The maximum Gasteiger partial charge on any atom is 0.357 e. The summed E-state index contributed by atoms with van der Waals surface area (Å²) in [5.41, 5.74) is 1.12. The van der Waals surface area contributed by atoms with Crippen LogP contribution in [-0.4, -0.2) is 47.7 Å². The van der Waals surface area contributed by atoms with Crippen LogP contribution >= 0.6 is 0 Å². The van der Waals surface area contributed by atoms with Gasteiger partial charge in [0.1, 0.15) is 6.10 Å². The number of ether oxygens (including phenoxy) is 3. The van der Waals surface area contributed by atoms with Crippen molar-refractivity contribution < 1.29 is 23.8 Å². The molecule has 0 N–H and O–H groups in total. The van der Waals surface area contributed by atoms with Crippen LogP contribution in [0.3, 0.4) is 0 Å². The Hall–Kier alpha value is -1.47. The lowest BCUT2D eigenvalue weighted by molar-refractivity contribution is -0.265. The summed E-state index contributed by atoms with van der Waals surface area (Å²) in [4.78, 5) is 18.6. The van der Waals surface area contributed by atoms with Crippen LogP contribution in [-0.2, 0) is 30.4 Å². The second-order valence-corrected chi connectivity index (χ2v) is 9.30. The van der Waals surface area contributed by atoms with E-state index in [-0.39, 0.29) is 30.1 Å². The molecule has 1 aromatic carbocycles. The Morgan fingerprint density at radius 3 is 2.41 bits per heavy atom. The fraction of sp³-hybridized carbons (Fsp3) is 0.696. The molecule has 162 valence electrons. The molecule has 0 saturated carbocycles. The molecule has 0 spiro atoms. The quantitative estimate of drug-likeness (QED) is 0.653. The highest BCUT2D eigenvalue weighted by Crippen LogP contribution is 2.39. The second-order valence-electron chi connectivity index (χ2n) is 9.30. The number of carbonyl (C=O) groups is 1. The number of hydroxylamine groups is 2. The third-order valence-electron chi connectivity index (χ3n) is 5.47. The third kappa shape index (κ3) is 5.37. The minimum absolute atomic E-state index is 0.0697. The molecule has 6 nitrogen and oxygen atoms in total. The van der Waals surface area contributed by atoms with E-state index in [1.807, 2.05) is 49.2 Å². The van der Waals surface area contributed by atoms with Gasteiger partial charge in [0.05, 0.1) is 25.3 Å². The molecule has 2 aliphatic rings. The van der Waals surface area contributed by atoms with E-state index in [0.29, 0.717) is 19.1 Å². The van der Waals surface area contributed by atoms with E-state index < -0.39 is 11.9 Å². The maximum atomic E-state index is 12.7. The fourth-order valence-corrected chi connectivity index (χ4v) is 4.09. The van der Waals surface area contributed by atoms with Gasteiger partial charge in [-0.25, -0.2) is 4.79 Å². The first-order chi connectivity index (χ1) is 13.7. The molecule has 2 aliphatic heterocycles. The number of hydrogen-bond donors (Lipinski definition) is 0. The van der Waals surface area contributed by atoms with Crippen LogP contribution in [0.1, 0.15) is 53.5 Å². The van der Waals surface area contributed by atoms with E-state index in [1.165, 1.54) is 0 Å². The van der Waals surface area contributed by atoms with Crippen LogP contribution in [0.25, 0.3) is 0 Å². The summed E-state index contributed by atoms with van der Waals surface area (Å²) in [6.45, 7) is 13.3. The van der Waals surface area contributed by atoms with E-state index in [0.717, 1.165) is 12.0 Å². The van der Waals surface area contributed by atoms with Gasteiger partial charge >= 0.3 is 5.97 Å². The maximum absolute atomic E-state index is 12.7. The zero-order valence-corrected chi connectivity index (χ0v) is 18.5. The van der Waals surface area contributed by atoms with Crippen molar-refractivity contribution in [2.24, 2.45) is 11.8 Å². The molecule has 3 rings (SSSR count). The van der Waals surface area contributed by atoms with E-state index >= 15 is 0 Å². The molecule has 6 heteroatoms. The smallest absolute Gasteiger partial charge is 0.357 e. The van der Waals surface area contributed by atoms with Gasteiger partial charge in [-0.3, -0.25) is 0 Å². The Balaban J connectivity index is 1.76. The van der Waals surface area contributed by atoms with Gasteiger partial charge in [-0.2, -0.15) is 0 Å². The lowest BCUT2D eigenvalue weighted by atomic mass is 9.92. The zero-order chi connectivity index (χ0) is 21.2. The van der Waals surface area contributed by atoms with Crippen molar-refractivity contribution in [1.29, 1.82) is 0 Å². The lowest BCUT2D eigenvalue weighted by Crippen LogP contribution is -2.62. The summed E-state index contributed by atoms with van der Waals surface area (Å²) >= 11 is 0. The topological polar surface area (TPSA) is 57.2 Å². The minimum Gasteiger partial charge on any atom is -0.375 e. The van der Waals surface area contributed by atoms with Crippen LogP contribution in [0.5, 0.6) is 0 Å². The number of rotatable bonds is 8. The molecule has 0 radical (unpaired) electrons. The molecule has 0 aliphatic carbocycles. The number of fused-ring (bicyclic) bond motifs is 1. The molecule has 1 aromatic rings. The Labute approximate surface area is 174 Å². The van der Waals surface area contributed by atoms with Crippen molar-refractivity contribution in [3.05, 3.63) is 35.9 Å². The molecule has 2 saturated heterocycles. The van der Waals surface area contributed by atoms with E-state index in [2.05, 4.69) is 27.7 Å². The molecular formula is C23H35NO5. The van der Waals surface area contributed by atoms with Crippen LogP contribution in [0.15, 0.2) is 30.3 Å². The molecule has 0 bridgehead atoms. The van der Waals surface area contributed by atoms with Crippen molar-refractivity contribution >= 4 is 5.97 Å². The first kappa shape index (κ1) is 22.2. The van der Waals surface area contributed by atoms with Gasteiger partial charge in [-0.05, 0) is 37.7 Å². The van der Waals surface area contributed by atoms with Crippen LogP contribution in [0.2, 0.25) is 0 Å². The number of hydrogen-bond acceptors (Lipinski definition) is 6. The third-order valence-corrected chi connectivity index (χ3v) is 5.47. The van der Waals surface area contributed by atoms with Gasteiger partial charge in [-0.15, -0.1) is 5.06 Å². The summed E-state index contributed by atoms with van der Waals surface area (Å²) in [6.07, 6.45) is -0.178. The molecule has 4 atom stereocenters. The van der Waals surface area contributed by atoms with Crippen LogP contribution in [0, 0.1) is 11.8 Å². The highest BCUT2D eigenvalue weighted by Gasteiger charge is 2.56. The summed E-state index contributed by atoms with van der Waals surface area (Å²) in [5, 5.41) is 1.84. The van der Waals surface area contributed by atoms with Gasteiger partial charge in [0.25, 0.3) is 0 Å². The molecule has 29 heavy (non-hydrogen) atoms. The predicted octanol–water partition coefficient (Wildman–Crippen LogP) is 3.94. The molecule has 2 fully saturated rings. The summed E-state index contributed by atoms with van der Waals surface area (Å²) in [5.74, 6) is -0.517.